The molecule has 7 nitrogen and oxygen atoms in total. The SMILES string of the molecule is O=C(NCc1ccccc1)NC1(C(=O)N2CCN(C(=O)CCCc3ccccc3)CC2)CCCC1. The van der Waals surface area contributed by atoms with Crippen LogP contribution in [-0.4, -0.2) is 59.4 Å². The lowest BCUT2D eigenvalue weighted by molar-refractivity contribution is -0.143. The van der Waals surface area contributed by atoms with E-state index in [9.17, 15) is 14.4 Å². The van der Waals surface area contributed by atoms with Crippen LogP contribution in [0.15, 0.2) is 60.7 Å². The van der Waals surface area contributed by atoms with E-state index in [-0.39, 0.29) is 17.8 Å². The van der Waals surface area contributed by atoms with Crippen LogP contribution >= 0.6 is 0 Å². The summed E-state index contributed by atoms with van der Waals surface area (Å²) in [5.74, 6) is 0.142. The summed E-state index contributed by atoms with van der Waals surface area (Å²) in [6.07, 6.45) is 5.40. The zero-order chi connectivity index (χ0) is 24.5. The highest BCUT2D eigenvalue weighted by Crippen LogP contribution is 2.32. The fourth-order valence-corrected chi connectivity index (χ4v) is 5.12. The highest BCUT2D eigenvalue weighted by molar-refractivity contribution is 5.91. The number of carbonyl (C=O) groups is 3. The fraction of sp³-hybridized carbons (Fsp3) is 0.464. The molecule has 35 heavy (non-hydrogen) atoms. The summed E-state index contributed by atoms with van der Waals surface area (Å²) < 4.78 is 0. The van der Waals surface area contributed by atoms with Gasteiger partial charge in [0.05, 0.1) is 0 Å². The Morgan fingerprint density at radius 3 is 1.97 bits per heavy atom. The summed E-state index contributed by atoms with van der Waals surface area (Å²) in [7, 11) is 0. The van der Waals surface area contributed by atoms with Gasteiger partial charge >= 0.3 is 6.03 Å². The third-order valence-electron chi connectivity index (χ3n) is 7.13. The van der Waals surface area contributed by atoms with Crippen molar-refractivity contribution in [2.45, 2.75) is 57.0 Å². The maximum Gasteiger partial charge on any atom is 0.315 e. The highest BCUT2D eigenvalue weighted by Gasteiger charge is 2.45. The standard InChI is InChI=1S/C28H36N4O3/c33-25(15-9-14-23-10-3-1-4-11-23)31-18-20-32(21-19-31)26(34)28(16-7-8-17-28)30-27(35)29-22-24-12-5-2-6-13-24/h1-6,10-13H,7-9,14-22H2,(H2,29,30,35). The molecule has 0 radical (unpaired) electrons. The molecule has 4 rings (SSSR count). The van der Waals surface area contributed by atoms with Crippen LogP contribution in [0.2, 0.25) is 0 Å². The lowest BCUT2D eigenvalue weighted by Crippen LogP contribution is -2.62. The quantitative estimate of drug-likeness (QED) is 0.612. The summed E-state index contributed by atoms with van der Waals surface area (Å²) >= 11 is 0. The van der Waals surface area contributed by atoms with Gasteiger partial charge in [-0.2, -0.15) is 0 Å². The van der Waals surface area contributed by atoms with E-state index in [1.807, 2.05) is 58.3 Å². The van der Waals surface area contributed by atoms with E-state index in [0.29, 0.717) is 52.0 Å². The number of benzene rings is 2. The number of aryl methyl sites for hydroxylation is 1. The van der Waals surface area contributed by atoms with Gasteiger partial charge in [0.1, 0.15) is 5.54 Å². The molecule has 1 saturated carbocycles. The van der Waals surface area contributed by atoms with Crippen LogP contribution in [0.3, 0.4) is 0 Å². The Morgan fingerprint density at radius 2 is 1.34 bits per heavy atom. The first-order valence-electron chi connectivity index (χ1n) is 12.8. The van der Waals surface area contributed by atoms with Crippen molar-refractivity contribution in [1.82, 2.24) is 20.4 Å². The number of piperazine rings is 1. The molecule has 0 spiro atoms. The molecule has 7 heteroatoms. The Morgan fingerprint density at radius 1 is 0.771 bits per heavy atom. The zero-order valence-corrected chi connectivity index (χ0v) is 20.4. The Balaban J connectivity index is 1.24. The third kappa shape index (κ3) is 6.62. The summed E-state index contributed by atoms with van der Waals surface area (Å²) in [5, 5.41) is 5.90. The first-order valence-corrected chi connectivity index (χ1v) is 12.8. The topological polar surface area (TPSA) is 81.8 Å². The van der Waals surface area contributed by atoms with Crippen molar-refractivity contribution >= 4 is 17.8 Å². The molecule has 2 aliphatic rings. The highest BCUT2D eigenvalue weighted by atomic mass is 16.2. The van der Waals surface area contributed by atoms with Gasteiger partial charge in [0.25, 0.3) is 0 Å². The van der Waals surface area contributed by atoms with Crippen molar-refractivity contribution in [3.05, 3.63) is 71.8 Å². The first-order chi connectivity index (χ1) is 17.1. The number of carbonyl (C=O) groups excluding carboxylic acids is 3. The van der Waals surface area contributed by atoms with Gasteiger partial charge < -0.3 is 20.4 Å². The molecule has 0 aromatic heterocycles. The maximum absolute atomic E-state index is 13.5. The predicted molar refractivity (Wildman–Crippen MR) is 136 cm³/mol. The molecule has 0 bridgehead atoms. The monoisotopic (exact) mass is 476 g/mol. The number of hydrogen-bond donors (Lipinski definition) is 2. The number of urea groups is 1. The second kappa shape index (κ2) is 11.9. The molecule has 2 N–H and O–H groups in total. The lowest BCUT2D eigenvalue weighted by atomic mass is 9.95. The number of amides is 4. The Hall–Kier alpha value is -3.35. The molecule has 1 aliphatic carbocycles. The van der Waals surface area contributed by atoms with E-state index in [1.165, 1.54) is 5.56 Å². The van der Waals surface area contributed by atoms with Gasteiger partial charge in [-0.3, -0.25) is 9.59 Å². The molecule has 2 aromatic rings. The van der Waals surface area contributed by atoms with E-state index in [4.69, 9.17) is 0 Å². The lowest BCUT2D eigenvalue weighted by Gasteiger charge is -2.40. The number of nitrogens with zero attached hydrogens (tertiary/aromatic N) is 2. The van der Waals surface area contributed by atoms with Crippen LogP contribution in [-0.2, 0) is 22.6 Å². The van der Waals surface area contributed by atoms with E-state index in [0.717, 1.165) is 31.2 Å². The zero-order valence-electron chi connectivity index (χ0n) is 20.4. The van der Waals surface area contributed by atoms with Crippen molar-refractivity contribution in [2.24, 2.45) is 0 Å². The largest absolute Gasteiger partial charge is 0.339 e. The number of hydrogen-bond acceptors (Lipinski definition) is 3. The van der Waals surface area contributed by atoms with Gasteiger partial charge in [-0.1, -0.05) is 73.5 Å². The molecule has 1 aliphatic heterocycles. The number of rotatable bonds is 8. The van der Waals surface area contributed by atoms with E-state index < -0.39 is 5.54 Å². The van der Waals surface area contributed by atoms with Crippen molar-refractivity contribution < 1.29 is 14.4 Å². The summed E-state index contributed by atoms with van der Waals surface area (Å²) in [5.41, 5.74) is 1.42. The van der Waals surface area contributed by atoms with Crippen LogP contribution in [0, 0.1) is 0 Å². The molecule has 4 amide bonds. The molecular formula is C28H36N4O3. The normalized spacial score (nSPS) is 17.1. The first kappa shape index (κ1) is 24.8. The fourth-order valence-electron chi connectivity index (χ4n) is 5.12. The minimum Gasteiger partial charge on any atom is -0.339 e. The molecule has 1 heterocycles. The van der Waals surface area contributed by atoms with Gasteiger partial charge in [-0.15, -0.1) is 0 Å². The van der Waals surface area contributed by atoms with Crippen LogP contribution in [0.4, 0.5) is 4.79 Å². The summed E-state index contributed by atoms with van der Waals surface area (Å²) in [4.78, 5) is 42.6. The molecule has 0 unspecified atom stereocenters. The van der Waals surface area contributed by atoms with Crippen molar-refractivity contribution in [1.29, 1.82) is 0 Å². The summed E-state index contributed by atoms with van der Waals surface area (Å²) in [6, 6.07) is 19.6. The van der Waals surface area contributed by atoms with E-state index >= 15 is 0 Å². The maximum atomic E-state index is 13.5. The molecule has 186 valence electrons. The van der Waals surface area contributed by atoms with Gasteiger partial charge in [-0.25, -0.2) is 4.79 Å². The van der Waals surface area contributed by atoms with E-state index in [1.54, 1.807) is 0 Å². The molecule has 2 fully saturated rings. The van der Waals surface area contributed by atoms with Crippen LogP contribution in [0.1, 0.15) is 49.7 Å². The molecule has 0 atom stereocenters. The average molecular weight is 477 g/mol. The smallest absolute Gasteiger partial charge is 0.315 e. The van der Waals surface area contributed by atoms with Crippen molar-refractivity contribution in [3.63, 3.8) is 0 Å². The van der Waals surface area contributed by atoms with Crippen LogP contribution in [0.25, 0.3) is 0 Å². The Bertz CT molecular complexity index is 982. The van der Waals surface area contributed by atoms with Gasteiger partial charge in [0.2, 0.25) is 11.8 Å². The van der Waals surface area contributed by atoms with Gasteiger partial charge in [0.15, 0.2) is 0 Å². The average Bonchev–Trinajstić information content (AvgIpc) is 3.38. The Kier molecular flexibility index (Phi) is 8.40. The second-order valence-electron chi connectivity index (χ2n) is 9.59. The minimum absolute atomic E-state index is 0.0129. The van der Waals surface area contributed by atoms with Gasteiger partial charge in [0, 0.05) is 39.1 Å². The van der Waals surface area contributed by atoms with Crippen LogP contribution in [0.5, 0.6) is 0 Å². The summed E-state index contributed by atoms with van der Waals surface area (Å²) in [6.45, 7) is 2.54. The number of nitrogens with one attached hydrogen (secondary N) is 2. The van der Waals surface area contributed by atoms with Crippen molar-refractivity contribution in [3.8, 4) is 0 Å². The van der Waals surface area contributed by atoms with Crippen molar-refractivity contribution in [2.75, 3.05) is 26.2 Å². The molecule has 2 aromatic carbocycles. The minimum atomic E-state index is -0.845. The molecule has 1 saturated heterocycles. The predicted octanol–water partition coefficient (Wildman–Crippen LogP) is 3.49. The van der Waals surface area contributed by atoms with E-state index in [2.05, 4.69) is 22.8 Å². The second-order valence-corrected chi connectivity index (χ2v) is 9.59. The van der Waals surface area contributed by atoms with Crippen LogP contribution < -0.4 is 10.6 Å². The third-order valence-corrected chi connectivity index (χ3v) is 7.13. The molecular weight excluding hydrogens is 440 g/mol. The Labute approximate surface area is 207 Å². The van der Waals surface area contributed by atoms with Gasteiger partial charge in [-0.05, 0) is 36.8 Å².